The van der Waals surface area contributed by atoms with E-state index < -0.39 is 0 Å². The van der Waals surface area contributed by atoms with Gasteiger partial charge in [-0.3, -0.25) is 14.3 Å². The van der Waals surface area contributed by atoms with Crippen molar-refractivity contribution in [1.29, 1.82) is 0 Å². The first-order valence-electron chi connectivity index (χ1n) is 11.0. The number of benzene rings is 1. The average molecular weight is 453 g/mol. The first kappa shape index (κ1) is 22.4. The van der Waals surface area contributed by atoms with Gasteiger partial charge in [-0.1, -0.05) is 6.92 Å². The highest BCUT2D eigenvalue weighted by Gasteiger charge is 2.29. The Kier molecular flexibility index (Phi) is 6.67. The van der Waals surface area contributed by atoms with Gasteiger partial charge in [-0.25, -0.2) is 0 Å². The molecule has 4 rings (SSSR count). The Bertz CT molecular complexity index is 1110. The summed E-state index contributed by atoms with van der Waals surface area (Å²) in [6.07, 6.45) is 2.32. The molecule has 2 amide bonds. The third kappa shape index (κ3) is 4.57. The fourth-order valence-electron chi connectivity index (χ4n) is 3.94. The highest BCUT2D eigenvalue weighted by molar-refractivity contribution is 5.95. The minimum Gasteiger partial charge on any atom is -0.497 e. The summed E-state index contributed by atoms with van der Waals surface area (Å²) in [7, 11) is 3.19. The molecule has 0 saturated carbocycles. The van der Waals surface area contributed by atoms with E-state index in [-0.39, 0.29) is 11.8 Å². The summed E-state index contributed by atoms with van der Waals surface area (Å²) >= 11 is 0. The van der Waals surface area contributed by atoms with Crippen LogP contribution in [0.4, 0.5) is 0 Å². The van der Waals surface area contributed by atoms with Crippen molar-refractivity contribution in [1.82, 2.24) is 19.6 Å². The topological polar surface area (TPSA) is 90.0 Å². The number of hydrogen-bond acceptors (Lipinski definition) is 6. The van der Waals surface area contributed by atoms with Gasteiger partial charge in [0.05, 0.1) is 26.2 Å². The van der Waals surface area contributed by atoms with Crippen molar-refractivity contribution in [2.45, 2.75) is 19.9 Å². The number of carbonyl (C=O) groups is 2. The van der Waals surface area contributed by atoms with Gasteiger partial charge in [-0.2, -0.15) is 5.10 Å². The van der Waals surface area contributed by atoms with Gasteiger partial charge in [-0.05, 0) is 36.8 Å². The van der Waals surface area contributed by atoms with E-state index in [0.717, 1.165) is 12.0 Å². The van der Waals surface area contributed by atoms with Crippen LogP contribution in [0.3, 0.4) is 0 Å². The number of nitrogens with zero attached hydrogens (tertiary/aromatic N) is 4. The van der Waals surface area contributed by atoms with Gasteiger partial charge in [0, 0.05) is 44.4 Å². The van der Waals surface area contributed by atoms with Gasteiger partial charge < -0.3 is 23.7 Å². The average Bonchev–Trinajstić information content (AvgIpc) is 3.54. The smallest absolute Gasteiger partial charge is 0.289 e. The minimum absolute atomic E-state index is 0.0974. The molecule has 1 fully saturated rings. The van der Waals surface area contributed by atoms with Crippen LogP contribution in [0.1, 0.15) is 34.4 Å². The monoisotopic (exact) mass is 452 g/mol. The third-order valence-corrected chi connectivity index (χ3v) is 5.71. The van der Waals surface area contributed by atoms with Gasteiger partial charge in [0.2, 0.25) is 0 Å². The Hall–Kier alpha value is -3.75. The summed E-state index contributed by atoms with van der Waals surface area (Å²) < 4.78 is 17.8. The normalized spacial score (nSPS) is 13.8. The van der Waals surface area contributed by atoms with Crippen molar-refractivity contribution in [3.63, 3.8) is 0 Å². The summed E-state index contributed by atoms with van der Waals surface area (Å²) in [6, 6.07) is 10.7. The van der Waals surface area contributed by atoms with E-state index in [0.29, 0.717) is 61.4 Å². The molecule has 9 heteroatoms. The van der Waals surface area contributed by atoms with Crippen molar-refractivity contribution in [3.05, 3.63) is 54.1 Å². The maximum Gasteiger partial charge on any atom is 0.289 e. The quantitative estimate of drug-likeness (QED) is 0.547. The molecular formula is C24H28N4O5. The minimum atomic E-state index is -0.156. The van der Waals surface area contributed by atoms with Gasteiger partial charge in [0.25, 0.3) is 11.8 Å². The van der Waals surface area contributed by atoms with Gasteiger partial charge in [0.15, 0.2) is 5.76 Å². The van der Waals surface area contributed by atoms with E-state index in [9.17, 15) is 9.59 Å². The van der Waals surface area contributed by atoms with Crippen molar-refractivity contribution < 1.29 is 23.5 Å². The number of rotatable bonds is 7. The molecule has 1 saturated heterocycles. The van der Waals surface area contributed by atoms with Crippen LogP contribution in [-0.2, 0) is 6.54 Å². The molecule has 0 aliphatic carbocycles. The number of carbonyl (C=O) groups excluding carboxylic acids is 2. The second-order valence-electron chi connectivity index (χ2n) is 7.77. The van der Waals surface area contributed by atoms with Crippen LogP contribution in [0.2, 0.25) is 0 Å². The predicted molar refractivity (Wildman–Crippen MR) is 122 cm³/mol. The van der Waals surface area contributed by atoms with Crippen LogP contribution in [0.15, 0.2) is 47.1 Å². The predicted octanol–water partition coefficient (Wildman–Crippen LogP) is 3.17. The zero-order valence-electron chi connectivity index (χ0n) is 19.1. The lowest BCUT2D eigenvalue weighted by Gasteiger charge is -2.34. The summed E-state index contributed by atoms with van der Waals surface area (Å²) in [4.78, 5) is 29.4. The summed E-state index contributed by atoms with van der Waals surface area (Å²) in [5.74, 6) is 1.37. The third-order valence-electron chi connectivity index (χ3n) is 5.71. The number of furan rings is 1. The molecule has 3 aromatic rings. The fraction of sp³-hybridized carbons (Fsp3) is 0.375. The Labute approximate surface area is 192 Å². The van der Waals surface area contributed by atoms with E-state index in [2.05, 4.69) is 0 Å². The maximum atomic E-state index is 13.4. The highest BCUT2D eigenvalue weighted by atomic mass is 16.5. The van der Waals surface area contributed by atoms with E-state index in [1.807, 2.05) is 25.1 Å². The Morgan fingerprint density at radius 2 is 1.73 bits per heavy atom. The molecule has 33 heavy (non-hydrogen) atoms. The lowest BCUT2D eigenvalue weighted by molar-refractivity contribution is 0.0511. The zero-order chi connectivity index (χ0) is 23.4. The Morgan fingerprint density at radius 3 is 2.33 bits per heavy atom. The Balaban J connectivity index is 1.53. The first-order chi connectivity index (χ1) is 16.0. The van der Waals surface area contributed by atoms with Crippen LogP contribution in [-0.4, -0.2) is 71.8 Å². The second kappa shape index (κ2) is 9.81. The van der Waals surface area contributed by atoms with E-state index in [1.54, 1.807) is 46.9 Å². The molecule has 0 bridgehead atoms. The first-order valence-corrected chi connectivity index (χ1v) is 11.0. The number of ether oxygens (including phenoxy) is 2. The fourth-order valence-corrected chi connectivity index (χ4v) is 3.94. The molecule has 1 aromatic carbocycles. The lowest BCUT2D eigenvalue weighted by atomic mass is 10.1. The van der Waals surface area contributed by atoms with Crippen LogP contribution >= 0.6 is 0 Å². The van der Waals surface area contributed by atoms with Gasteiger partial charge in [0.1, 0.15) is 17.2 Å². The molecule has 0 atom stereocenters. The standard InChI is InChI=1S/C24H28N4O5/c1-4-9-28-20(16-19(25-28)18-8-7-17(31-2)15-22(18)32-3)23(29)26-10-12-27(13-11-26)24(30)21-6-5-14-33-21/h5-8,14-16H,4,9-13H2,1-3H3. The van der Waals surface area contributed by atoms with Gasteiger partial charge in [-0.15, -0.1) is 0 Å². The van der Waals surface area contributed by atoms with Crippen LogP contribution < -0.4 is 9.47 Å². The van der Waals surface area contributed by atoms with Crippen LogP contribution in [0.25, 0.3) is 11.3 Å². The summed E-state index contributed by atoms with van der Waals surface area (Å²) in [5, 5.41) is 4.70. The molecule has 0 radical (unpaired) electrons. The van der Waals surface area contributed by atoms with Crippen molar-refractivity contribution in [2.24, 2.45) is 0 Å². The zero-order valence-corrected chi connectivity index (χ0v) is 19.1. The van der Waals surface area contributed by atoms with E-state index >= 15 is 0 Å². The molecule has 1 aliphatic rings. The van der Waals surface area contributed by atoms with Crippen LogP contribution in [0, 0.1) is 0 Å². The molecule has 174 valence electrons. The number of hydrogen-bond donors (Lipinski definition) is 0. The molecule has 2 aromatic heterocycles. The summed E-state index contributed by atoms with van der Waals surface area (Å²) in [5.41, 5.74) is 1.98. The highest BCUT2D eigenvalue weighted by Crippen LogP contribution is 2.33. The van der Waals surface area contributed by atoms with Gasteiger partial charge >= 0.3 is 0 Å². The maximum absolute atomic E-state index is 13.4. The number of aryl methyl sites for hydroxylation is 1. The molecule has 3 heterocycles. The molecule has 0 spiro atoms. The number of piperazine rings is 1. The SMILES string of the molecule is CCCn1nc(-c2ccc(OC)cc2OC)cc1C(=O)N1CCN(C(=O)c2ccco2)CC1. The summed E-state index contributed by atoms with van der Waals surface area (Å²) in [6.45, 7) is 4.46. The van der Waals surface area contributed by atoms with E-state index in [4.69, 9.17) is 19.0 Å². The Morgan fingerprint density at radius 1 is 1.00 bits per heavy atom. The molecule has 0 N–H and O–H groups in total. The molecule has 1 aliphatic heterocycles. The molecular weight excluding hydrogens is 424 g/mol. The second-order valence-corrected chi connectivity index (χ2v) is 7.77. The lowest BCUT2D eigenvalue weighted by Crippen LogP contribution is -2.50. The number of amides is 2. The van der Waals surface area contributed by atoms with Crippen molar-refractivity contribution >= 4 is 11.8 Å². The molecule has 0 unspecified atom stereocenters. The largest absolute Gasteiger partial charge is 0.497 e. The van der Waals surface area contributed by atoms with Crippen molar-refractivity contribution in [2.75, 3.05) is 40.4 Å². The van der Waals surface area contributed by atoms with E-state index in [1.165, 1.54) is 6.26 Å². The number of aromatic nitrogens is 2. The molecule has 9 nitrogen and oxygen atoms in total. The van der Waals surface area contributed by atoms with Crippen molar-refractivity contribution in [3.8, 4) is 22.8 Å². The van der Waals surface area contributed by atoms with Crippen LogP contribution in [0.5, 0.6) is 11.5 Å². The number of methoxy groups -OCH3 is 2.